The van der Waals surface area contributed by atoms with E-state index in [1.54, 1.807) is 13.8 Å². The number of aliphatic carboxylic acids is 1. The van der Waals surface area contributed by atoms with Gasteiger partial charge in [-0.2, -0.15) is 0 Å². The van der Waals surface area contributed by atoms with Crippen molar-refractivity contribution in [1.29, 1.82) is 0 Å². The topological polar surface area (TPSA) is 63.3 Å². The van der Waals surface area contributed by atoms with E-state index in [1.165, 1.54) is 0 Å². The third-order valence-electron chi connectivity index (χ3n) is 1.00. The number of carboxylic acids is 1. The second-order valence-electron chi connectivity index (χ2n) is 2.11. The standard InChI is InChI=1S/C5H11NO2.Ta/c1-3(2)4(6)5(7)8;/h3-4H,6H2,1-2H3,(H,7,8);/t4-;/m0./s1. The number of carbonyl (C=O) groups is 1. The molecule has 0 unspecified atom stereocenters. The Morgan fingerprint density at radius 2 is 1.89 bits per heavy atom. The number of hydrogen-bond donors (Lipinski definition) is 2. The molecule has 0 saturated heterocycles. The van der Waals surface area contributed by atoms with Gasteiger partial charge in [0.1, 0.15) is 6.04 Å². The van der Waals surface area contributed by atoms with Gasteiger partial charge in [-0.05, 0) is 5.92 Å². The van der Waals surface area contributed by atoms with E-state index < -0.39 is 12.0 Å². The summed E-state index contributed by atoms with van der Waals surface area (Å²) in [6, 6.07) is -0.713. The molecule has 0 amide bonds. The molecule has 0 aliphatic carbocycles. The fourth-order valence-corrected chi connectivity index (χ4v) is 0.285. The van der Waals surface area contributed by atoms with Crippen LogP contribution in [0.1, 0.15) is 13.8 Å². The van der Waals surface area contributed by atoms with Gasteiger partial charge in [-0.1, -0.05) is 13.8 Å². The summed E-state index contributed by atoms with van der Waals surface area (Å²) in [6.45, 7) is 3.55. The molecule has 53 valence electrons. The molecule has 1 atom stereocenters. The smallest absolute Gasteiger partial charge is 0.320 e. The van der Waals surface area contributed by atoms with Crippen molar-refractivity contribution in [3.8, 4) is 0 Å². The number of hydrogen-bond acceptors (Lipinski definition) is 2. The van der Waals surface area contributed by atoms with E-state index in [2.05, 4.69) is 0 Å². The van der Waals surface area contributed by atoms with E-state index in [9.17, 15) is 4.79 Å². The zero-order chi connectivity index (χ0) is 6.73. The van der Waals surface area contributed by atoms with E-state index in [0.717, 1.165) is 0 Å². The van der Waals surface area contributed by atoms with Crippen LogP contribution in [0, 0.1) is 5.92 Å². The van der Waals surface area contributed by atoms with Gasteiger partial charge in [0.2, 0.25) is 0 Å². The van der Waals surface area contributed by atoms with Gasteiger partial charge >= 0.3 is 5.97 Å². The third-order valence-corrected chi connectivity index (χ3v) is 1.00. The normalized spacial score (nSPS) is 12.4. The van der Waals surface area contributed by atoms with Crippen molar-refractivity contribution in [2.75, 3.05) is 0 Å². The van der Waals surface area contributed by atoms with E-state index >= 15 is 0 Å². The summed E-state index contributed by atoms with van der Waals surface area (Å²) in [6.07, 6.45) is 0. The summed E-state index contributed by atoms with van der Waals surface area (Å²) in [5, 5.41) is 8.23. The first-order chi connectivity index (χ1) is 3.55. The first-order valence-corrected chi connectivity index (χ1v) is 2.54. The molecular formula is C5H11NO2Ta. The van der Waals surface area contributed by atoms with Crippen LogP contribution in [-0.2, 0) is 27.2 Å². The molecule has 4 heteroatoms. The Kier molecular flexibility index (Phi) is 6.61. The zero-order valence-electron chi connectivity index (χ0n) is 5.53. The second kappa shape index (κ2) is 5.00. The molecule has 0 aliphatic rings. The van der Waals surface area contributed by atoms with Crippen molar-refractivity contribution in [1.82, 2.24) is 0 Å². The molecule has 0 aromatic carbocycles. The quantitative estimate of drug-likeness (QED) is 0.757. The zero-order valence-corrected chi connectivity index (χ0v) is 8.75. The van der Waals surface area contributed by atoms with Crippen molar-refractivity contribution < 1.29 is 32.3 Å². The maximum absolute atomic E-state index is 10.0. The molecule has 1 radical (unpaired) electrons. The fourth-order valence-electron chi connectivity index (χ4n) is 0.285. The predicted octanol–water partition coefficient (Wildman–Crippen LogP) is 0.0518. The van der Waals surface area contributed by atoms with Crippen molar-refractivity contribution in [2.45, 2.75) is 19.9 Å². The monoisotopic (exact) mass is 298 g/mol. The summed E-state index contributed by atoms with van der Waals surface area (Å²) in [5.74, 6) is -0.910. The van der Waals surface area contributed by atoms with Crippen LogP contribution in [0.2, 0.25) is 0 Å². The minimum absolute atomic E-state index is 0. The van der Waals surface area contributed by atoms with Crippen LogP contribution in [0.4, 0.5) is 0 Å². The Hall–Kier alpha value is 0.170. The van der Waals surface area contributed by atoms with Crippen LogP contribution in [0.25, 0.3) is 0 Å². The molecule has 0 fully saturated rings. The van der Waals surface area contributed by atoms with Crippen molar-refractivity contribution in [2.24, 2.45) is 11.7 Å². The molecule has 0 heterocycles. The maximum atomic E-state index is 10.0. The number of nitrogens with two attached hydrogens (primary N) is 1. The molecule has 0 aromatic rings. The van der Waals surface area contributed by atoms with E-state index in [4.69, 9.17) is 10.8 Å². The fraction of sp³-hybridized carbons (Fsp3) is 0.800. The van der Waals surface area contributed by atoms with Gasteiger partial charge in [0.05, 0.1) is 0 Å². The molecule has 0 rings (SSSR count). The van der Waals surface area contributed by atoms with Gasteiger partial charge in [0, 0.05) is 22.4 Å². The van der Waals surface area contributed by atoms with Gasteiger partial charge in [0.25, 0.3) is 0 Å². The Morgan fingerprint density at radius 1 is 1.56 bits per heavy atom. The second-order valence-corrected chi connectivity index (χ2v) is 2.11. The van der Waals surface area contributed by atoms with Crippen LogP contribution < -0.4 is 5.73 Å². The van der Waals surface area contributed by atoms with Gasteiger partial charge in [-0.3, -0.25) is 4.79 Å². The summed E-state index contributed by atoms with van der Waals surface area (Å²) in [4.78, 5) is 10.0. The van der Waals surface area contributed by atoms with Gasteiger partial charge in [0.15, 0.2) is 0 Å². The van der Waals surface area contributed by atoms with Crippen molar-refractivity contribution in [3.63, 3.8) is 0 Å². The van der Waals surface area contributed by atoms with Gasteiger partial charge in [-0.25, -0.2) is 0 Å². The molecule has 0 saturated carbocycles. The molecule has 0 spiro atoms. The Balaban J connectivity index is 0. The SMILES string of the molecule is CC(C)[C@H](N)C(=O)O.[Ta]. The maximum Gasteiger partial charge on any atom is 0.320 e. The molecule has 0 aliphatic heterocycles. The van der Waals surface area contributed by atoms with Crippen molar-refractivity contribution in [3.05, 3.63) is 0 Å². The Labute approximate surface area is 70.1 Å². The predicted molar refractivity (Wildman–Crippen MR) is 30.4 cm³/mol. The summed E-state index contributed by atoms with van der Waals surface area (Å²) < 4.78 is 0. The Morgan fingerprint density at radius 3 is 1.89 bits per heavy atom. The van der Waals surface area contributed by atoms with E-state index in [0.29, 0.717) is 0 Å². The summed E-state index contributed by atoms with van der Waals surface area (Å²) in [5.41, 5.74) is 5.16. The summed E-state index contributed by atoms with van der Waals surface area (Å²) >= 11 is 0. The molecule has 9 heavy (non-hydrogen) atoms. The first-order valence-electron chi connectivity index (χ1n) is 2.54. The van der Waals surface area contributed by atoms with Crippen LogP contribution >= 0.6 is 0 Å². The van der Waals surface area contributed by atoms with Crippen LogP contribution in [0.15, 0.2) is 0 Å². The molecule has 0 aromatic heterocycles. The average Bonchev–Trinajstić information content (AvgIpc) is 1.64. The minimum Gasteiger partial charge on any atom is -0.480 e. The average molecular weight is 298 g/mol. The van der Waals surface area contributed by atoms with Crippen LogP contribution in [0.5, 0.6) is 0 Å². The first kappa shape index (κ1) is 11.9. The van der Waals surface area contributed by atoms with Crippen molar-refractivity contribution >= 4 is 5.97 Å². The summed E-state index contributed by atoms with van der Waals surface area (Å²) in [7, 11) is 0. The van der Waals surface area contributed by atoms with Gasteiger partial charge in [-0.15, -0.1) is 0 Å². The van der Waals surface area contributed by atoms with E-state index in [-0.39, 0.29) is 28.3 Å². The molecule has 3 N–H and O–H groups in total. The number of carboxylic acid groups (broad SMARTS) is 1. The van der Waals surface area contributed by atoms with Gasteiger partial charge < -0.3 is 10.8 Å². The Bertz CT molecular complexity index is 95.0. The minimum atomic E-state index is -0.931. The molecular weight excluding hydrogens is 287 g/mol. The number of rotatable bonds is 2. The van der Waals surface area contributed by atoms with E-state index in [1.807, 2.05) is 0 Å². The third kappa shape index (κ3) is 4.66. The largest absolute Gasteiger partial charge is 0.480 e. The molecule has 3 nitrogen and oxygen atoms in total. The van der Waals surface area contributed by atoms with Crippen LogP contribution in [-0.4, -0.2) is 17.1 Å². The van der Waals surface area contributed by atoms with Crippen LogP contribution in [0.3, 0.4) is 0 Å². The molecule has 0 bridgehead atoms.